The topological polar surface area (TPSA) is 34.1 Å². The van der Waals surface area contributed by atoms with Crippen molar-refractivity contribution in [2.45, 2.75) is 20.3 Å². The van der Waals surface area contributed by atoms with Crippen LogP contribution in [0.15, 0.2) is 34.4 Å². The highest BCUT2D eigenvalue weighted by atomic mass is 127. The zero-order valence-corrected chi connectivity index (χ0v) is 11.6. The number of hydrogen-bond acceptors (Lipinski definition) is 2. The van der Waals surface area contributed by atoms with Crippen LogP contribution in [0.1, 0.15) is 25.8 Å². The second-order valence-corrected chi connectivity index (χ2v) is 3.76. The van der Waals surface area contributed by atoms with Crippen LogP contribution in [-0.4, -0.2) is 11.6 Å². The Morgan fingerprint density at radius 1 is 1.25 bits per heavy atom. The summed E-state index contributed by atoms with van der Waals surface area (Å²) in [4.78, 5) is 20.2. The van der Waals surface area contributed by atoms with Gasteiger partial charge in [-0.1, -0.05) is 59.8 Å². The molecule has 0 radical (unpaired) electrons. The van der Waals surface area contributed by atoms with Crippen molar-refractivity contribution in [3.63, 3.8) is 0 Å². The third kappa shape index (κ3) is 7.34. The molecule has 0 heterocycles. The van der Waals surface area contributed by atoms with Crippen molar-refractivity contribution in [1.29, 1.82) is 0 Å². The highest BCUT2D eigenvalue weighted by molar-refractivity contribution is 14.1. The van der Waals surface area contributed by atoms with E-state index in [1.165, 1.54) is 12.5 Å². The predicted molar refractivity (Wildman–Crippen MR) is 75.5 cm³/mol. The first-order valence-corrected chi connectivity index (χ1v) is 6.22. The van der Waals surface area contributed by atoms with Crippen molar-refractivity contribution in [2.24, 2.45) is 0 Å². The normalized spacial score (nSPS) is 9.44. The van der Waals surface area contributed by atoms with Crippen LogP contribution in [0, 0.1) is 0 Å². The summed E-state index contributed by atoms with van der Waals surface area (Å²) in [7, 11) is 0. The molecule has 0 amide bonds. The number of halogens is 1. The van der Waals surface area contributed by atoms with E-state index >= 15 is 0 Å². The average molecular weight is 330 g/mol. The highest BCUT2D eigenvalue weighted by Crippen LogP contribution is 2.01. The molecule has 0 aliphatic heterocycles. The Hall–Kier alpha value is -0.970. The Balaban J connectivity index is 0.000000293. The maximum absolute atomic E-state index is 10.2. The smallest absolute Gasteiger partial charge is 0.197 e. The van der Waals surface area contributed by atoms with Crippen LogP contribution < -0.4 is 0 Å². The summed E-state index contributed by atoms with van der Waals surface area (Å²) in [5.41, 5.74) is 1.26. The van der Waals surface area contributed by atoms with E-state index in [2.05, 4.69) is 40.8 Å². The van der Waals surface area contributed by atoms with E-state index in [0.29, 0.717) is 6.42 Å². The SMILES string of the molecule is CCC(=O)C(C)=O.I/C=C\c1ccccc1. The van der Waals surface area contributed by atoms with Gasteiger partial charge in [0.1, 0.15) is 0 Å². The molecule has 0 unspecified atom stereocenters. The van der Waals surface area contributed by atoms with E-state index in [9.17, 15) is 9.59 Å². The maximum atomic E-state index is 10.2. The van der Waals surface area contributed by atoms with E-state index in [-0.39, 0.29) is 11.6 Å². The van der Waals surface area contributed by atoms with Gasteiger partial charge >= 0.3 is 0 Å². The minimum atomic E-state index is -0.345. The van der Waals surface area contributed by atoms with E-state index in [1.807, 2.05) is 22.3 Å². The van der Waals surface area contributed by atoms with Crippen molar-refractivity contribution in [3.05, 3.63) is 40.0 Å². The van der Waals surface area contributed by atoms with Crippen LogP contribution in [0.2, 0.25) is 0 Å². The van der Waals surface area contributed by atoms with Gasteiger partial charge in [0, 0.05) is 13.3 Å². The zero-order valence-electron chi connectivity index (χ0n) is 9.44. The third-order valence-electron chi connectivity index (χ3n) is 1.77. The molecule has 0 saturated heterocycles. The molecule has 0 bridgehead atoms. The molecule has 1 rings (SSSR count). The number of ketones is 2. The molecule has 0 aliphatic rings. The lowest BCUT2D eigenvalue weighted by molar-refractivity contribution is -0.135. The Morgan fingerprint density at radius 2 is 1.81 bits per heavy atom. The lowest BCUT2D eigenvalue weighted by Crippen LogP contribution is -2.06. The van der Waals surface area contributed by atoms with Crippen LogP contribution in [0.25, 0.3) is 6.08 Å². The number of hydrogen-bond donors (Lipinski definition) is 0. The molecule has 0 spiro atoms. The fourth-order valence-corrected chi connectivity index (χ4v) is 1.30. The van der Waals surface area contributed by atoms with Gasteiger partial charge in [0.2, 0.25) is 0 Å². The molecule has 2 nitrogen and oxygen atoms in total. The molecule has 0 aromatic heterocycles. The van der Waals surface area contributed by atoms with Crippen LogP contribution in [-0.2, 0) is 9.59 Å². The number of benzene rings is 1. The first-order valence-electron chi connectivity index (χ1n) is 4.97. The van der Waals surface area contributed by atoms with E-state index in [1.54, 1.807) is 6.92 Å². The van der Waals surface area contributed by atoms with Crippen LogP contribution in [0.3, 0.4) is 0 Å². The van der Waals surface area contributed by atoms with Crippen LogP contribution >= 0.6 is 22.6 Å². The molecule has 0 atom stereocenters. The first-order chi connectivity index (χ1) is 7.61. The largest absolute Gasteiger partial charge is 0.291 e. The second kappa shape index (κ2) is 9.27. The summed E-state index contributed by atoms with van der Waals surface area (Å²) >= 11 is 2.21. The standard InChI is InChI=1S/C8H7I.C5H8O2/c9-7-6-8-4-2-1-3-5-8;1-3-5(7)4(2)6/h1-7H;3H2,1-2H3/b7-6-;. The van der Waals surface area contributed by atoms with Crippen molar-refractivity contribution in [1.82, 2.24) is 0 Å². The van der Waals surface area contributed by atoms with Gasteiger partial charge in [0.15, 0.2) is 11.6 Å². The summed E-state index contributed by atoms with van der Waals surface area (Å²) in [6, 6.07) is 10.2. The average Bonchev–Trinajstić information content (AvgIpc) is 2.30. The number of Topliss-reactive ketones (excluding diaryl/α,β-unsaturated/α-hetero) is 2. The van der Waals surface area contributed by atoms with E-state index in [0.717, 1.165) is 0 Å². The summed E-state index contributed by atoms with van der Waals surface area (Å²) < 4.78 is 2.01. The molecular weight excluding hydrogens is 315 g/mol. The van der Waals surface area contributed by atoms with Gasteiger partial charge in [-0.2, -0.15) is 0 Å². The van der Waals surface area contributed by atoms with Gasteiger partial charge in [0.25, 0.3) is 0 Å². The molecule has 0 N–H and O–H groups in total. The van der Waals surface area contributed by atoms with E-state index in [4.69, 9.17) is 0 Å². The Kier molecular flexibility index (Phi) is 8.71. The molecule has 3 heteroatoms. The summed E-state index contributed by atoms with van der Waals surface area (Å²) in [5.74, 6) is -0.637. The maximum Gasteiger partial charge on any atom is 0.197 e. The lowest BCUT2D eigenvalue weighted by Gasteiger charge is -1.86. The highest BCUT2D eigenvalue weighted by Gasteiger charge is 2.00. The van der Waals surface area contributed by atoms with Crippen molar-refractivity contribution >= 4 is 40.2 Å². The van der Waals surface area contributed by atoms with Crippen molar-refractivity contribution < 1.29 is 9.59 Å². The first kappa shape index (κ1) is 15.0. The van der Waals surface area contributed by atoms with Crippen molar-refractivity contribution in [2.75, 3.05) is 0 Å². The predicted octanol–water partition coefficient (Wildman–Crippen LogP) is 3.65. The van der Waals surface area contributed by atoms with E-state index < -0.39 is 0 Å². The summed E-state index contributed by atoms with van der Waals surface area (Å²) in [5, 5.41) is 0. The quantitative estimate of drug-likeness (QED) is 0.626. The minimum absolute atomic E-state index is 0.292. The van der Waals surface area contributed by atoms with Gasteiger partial charge in [-0.05, 0) is 15.7 Å². The monoisotopic (exact) mass is 330 g/mol. The summed E-state index contributed by atoms with van der Waals surface area (Å²) in [6.07, 6.45) is 2.40. The number of carbonyl (C=O) groups excluding carboxylic acids is 2. The molecular formula is C13H15IO2. The Labute approximate surface area is 110 Å². The molecule has 0 fully saturated rings. The summed E-state index contributed by atoms with van der Waals surface area (Å²) in [6.45, 7) is 2.95. The van der Waals surface area contributed by atoms with Gasteiger partial charge in [-0.3, -0.25) is 9.59 Å². The minimum Gasteiger partial charge on any atom is -0.291 e. The fourth-order valence-electron chi connectivity index (χ4n) is 0.886. The fraction of sp³-hybridized carbons (Fsp3) is 0.231. The number of rotatable bonds is 3. The second-order valence-electron chi connectivity index (χ2n) is 3.04. The molecule has 1 aromatic rings. The van der Waals surface area contributed by atoms with Crippen LogP contribution in [0.4, 0.5) is 0 Å². The lowest BCUT2D eigenvalue weighted by atomic mass is 10.2. The van der Waals surface area contributed by atoms with Gasteiger partial charge < -0.3 is 0 Å². The molecule has 86 valence electrons. The van der Waals surface area contributed by atoms with Crippen molar-refractivity contribution in [3.8, 4) is 0 Å². The Morgan fingerprint density at radius 3 is 2.12 bits per heavy atom. The molecule has 0 saturated carbocycles. The Bertz CT molecular complexity index is 355. The zero-order chi connectivity index (χ0) is 12.4. The number of carbonyl (C=O) groups is 2. The molecule has 16 heavy (non-hydrogen) atoms. The molecule has 1 aromatic carbocycles. The molecule has 0 aliphatic carbocycles. The van der Waals surface area contributed by atoms with Crippen LogP contribution in [0.5, 0.6) is 0 Å². The third-order valence-corrected chi connectivity index (χ3v) is 2.13. The van der Waals surface area contributed by atoms with Gasteiger partial charge in [-0.25, -0.2) is 0 Å². The van der Waals surface area contributed by atoms with Gasteiger partial charge in [0.05, 0.1) is 0 Å². The van der Waals surface area contributed by atoms with Gasteiger partial charge in [-0.15, -0.1) is 0 Å².